The Morgan fingerprint density at radius 1 is 1.38 bits per heavy atom. The Morgan fingerprint density at radius 2 is 2.23 bits per heavy atom. The molecule has 0 saturated heterocycles. The molecule has 2 nitrogen and oxygen atoms in total. The molecule has 2 aromatic heterocycles. The summed E-state index contributed by atoms with van der Waals surface area (Å²) in [6.07, 6.45) is 1.75. The van der Waals surface area contributed by atoms with Crippen molar-refractivity contribution in [2.24, 2.45) is 0 Å². The van der Waals surface area contributed by atoms with Gasteiger partial charge in [-0.2, -0.15) is 0 Å². The van der Waals surface area contributed by atoms with Gasteiger partial charge in [-0.15, -0.1) is 11.3 Å². The summed E-state index contributed by atoms with van der Waals surface area (Å²) in [6, 6.07) is 5.68. The third-order valence-electron chi connectivity index (χ3n) is 1.67. The van der Waals surface area contributed by atoms with E-state index < -0.39 is 0 Å². The lowest BCUT2D eigenvalue weighted by Gasteiger charge is -2.01. The van der Waals surface area contributed by atoms with Crippen LogP contribution in [0, 0.1) is 0 Å². The van der Waals surface area contributed by atoms with Crippen molar-refractivity contribution in [3.8, 4) is 10.6 Å². The van der Waals surface area contributed by atoms with Crippen LogP contribution in [0.1, 0.15) is 0 Å². The summed E-state index contributed by atoms with van der Waals surface area (Å²) in [6.45, 7) is 0. The van der Waals surface area contributed by atoms with Crippen LogP contribution in [-0.4, -0.2) is 4.98 Å². The Balaban J connectivity index is 2.59. The van der Waals surface area contributed by atoms with Gasteiger partial charge in [-0.25, -0.2) is 0 Å². The standard InChI is InChI=1S/C9H7BrN2S/c10-6-3-5-13-9(6)8-7(11)2-1-4-12-8/h1-5H,11H2. The molecule has 2 heterocycles. The molecule has 0 atom stereocenters. The molecule has 66 valence electrons. The van der Waals surface area contributed by atoms with Gasteiger partial charge in [-0.3, -0.25) is 4.98 Å². The highest BCUT2D eigenvalue weighted by Gasteiger charge is 2.08. The maximum atomic E-state index is 5.80. The Morgan fingerprint density at radius 3 is 2.85 bits per heavy atom. The minimum Gasteiger partial charge on any atom is -0.397 e. The van der Waals surface area contributed by atoms with E-state index in [2.05, 4.69) is 20.9 Å². The number of thiophene rings is 1. The van der Waals surface area contributed by atoms with Gasteiger partial charge in [0.05, 0.1) is 10.6 Å². The molecular formula is C9H7BrN2S. The SMILES string of the molecule is Nc1cccnc1-c1sccc1Br. The number of hydrogen-bond donors (Lipinski definition) is 1. The van der Waals surface area contributed by atoms with Crippen molar-refractivity contribution in [1.82, 2.24) is 4.98 Å². The minimum atomic E-state index is 0.714. The largest absolute Gasteiger partial charge is 0.397 e. The van der Waals surface area contributed by atoms with Crippen LogP contribution in [0.25, 0.3) is 10.6 Å². The van der Waals surface area contributed by atoms with Gasteiger partial charge < -0.3 is 5.73 Å². The molecule has 0 aliphatic rings. The van der Waals surface area contributed by atoms with Crippen LogP contribution in [0.3, 0.4) is 0 Å². The zero-order valence-corrected chi connectivity index (χ0v) is 9.10. The molecule has 0 aliphatic heterocycles. The quantitative estimate of drug-likeness (QED) is 0.850. The zero-order chi connectivity index (χ0) is 9.26. The van der Waals surface area contributed by atoms with Gasteiger partial charge in [0, 0.05) is 10.7 Å². The Labute approximate surface area is 88.6 Å². The monoisotopic (exact) mass is 254 g/mol. The Hall–Kier alpha value is -0.870. The number of pyridine rings is 1. The summed E-state index contributed by atoms with van der Waals surface area (Å²) in [4.78, 5) is 5.32. The summed E-state index contributed by atoms with van der Waals surface area (Å²) >= 11 is 5.08. The van der Waals surface area contributed by atoms with Gasteiger partial charge in [0.25, 0.3) is 0 Å². The van der Waals surface area contributed by atoms with E-state index in [4.69, 9.17) is 5.73 Å². The van der Waals surface area contributed by atoms with Crippen molar-refractivity contribution in [3.05, 3.63) is 34.2 Å². The molecule has 0 unspecified atom stereocenters. The lowest BCUT2D eigenvalue weighted by molar-refractivity contribution is 1.34. The fourth-order valence-electron chi connectivity index (χ4n) is 1.07. The number of rotatable bonds is 1. The van der Waals surface area contributed by atoms with E-state index in [9.17, 15) is 0 Å². The van der Waals surface area contributed by atoms with E-state index in [0.717, 1.165) is 15.0 Å². The fourth-order valence-corrected chi connectivity index (χ4v) is 2.65. The number of nitrogen functional groups attached to an aromatic ring is 1. The van der Waals surface area contributed by atoms with Gasteiger partial charge in [-0.05, 0) is 39.5 Å². The van der Waals surface area contributed by atoms with E-state index in [1.54, 1.807) is 17.5 Å². The van der Waals surface area contributed by atoms with Crippen LogP contribution in [0.4, 0.5) is 5.69 Å². The summed E-state index contributed by atoms with van der Waals surface area (Å²) in [5, 5.41) is 2.01. The lowest BCUT2D eigenvalue weighted by atomic mass is 10.2. The number of halogens is 1. The van der Waals surface area contributed by atoms with E-state index in [1.165, 1.54) is 0 Å². The van der Waals surface area contributed by atoms with Gasteiger partial charge in [0.15, 0.2) is 0 Å². The van der Waals surface area contributed by atoms with E-state index in [-0.39, 0.29) is 0 Å². The molecule has 0 aliphatic carbocycles. The highest BCUT2D eigenvalue weighted by Crippen LogP contribution is 2.34. The first-order valence-electron chi connectivity index (χ1n) is 3.73. The molecule has 2 N–H and O–H groups in total. The first-order chi connectivity index (χ1) is 6.29. The smallest absolute Gasteiger partial charge is 0.104 e. The molecule has 0 bridgehead atoms. The van der Waals surface area contributed by atoms with Gasteiger partial charge in [0.1, 0.15) is 5.69 Å². The van der Waals surface area contributed by atoms with Crippen molar-refractivity contribution in [2.45, 2.75) is 0 Å². The van der Waals surface area contributed by atoms with Crippen molar-refractivity contribution >= 4 is 33.0 Å². The Bertz CT molecular complexity index is 425. The van der Waals surface area contributed by atoms with Gasteiger partial charge >= 0.3 is 0 Å². The molecule has 0 amide bonds. The maximum Gasteiger partial charge on any atom is 0.104 e. The predicted molar refractivity (Wildman–Crippen MR) is 59.7 cm³/mol. The number of hydrogen-bond acceptors (Lipinski definition) is 3. The molecule has 0 spiro atoms. The average Bonchev–Trinajstić information content (AvgIpc) is 2.52. The first kappa shape index (κ1) is 8.72. The second-order valence-electron chi connectivity index (χ2n) is 2.54. The molecule has 13 heavy (non-hydrogen) atoms. The molecule has 2 aromatic rings. The highest BCUT2D eigenvalue weighted by atomic mass is 79.9. The highest BCUT2D eigenvalue weighted by molar-refractivity contribution is 9.10. The first-order valence-corrected chi connectivity index (χ1v) is 5.40. The normalized spacial score (nSPS) is 10.2. The van der Waals surface area contributed by atoms with E-state index in [0.29, 0.717) is 5.69 Å². The lowest BCUT2D eigenvalue weighted by Crippen LogP contribution is -1.90. The second kappa shape index (κ2) is 3.47. The predicted octanol–water partition coefficient (Wildman–Crippen LogP) is 3.15. The number of nitrogens with two attached hydrogens (primary N) is 1. The molecule has 2 rings (SSSR count). The van der Waals surface area contributed by atoms with Crippen molar-refractivity contribution in [1.29, 1.82) is 0 Å². The van der Waals surface area contributed by atoms with Crippen molar-refractivity contribution < 1.29 is 0 Å². The number of nitrogens with zero attached hydrogens (tertiary/aromatic N) is 1. The molecule has 0 radical (unpaired) electrons. The van der Waals surface area contributed by atoms with Crippen LogP contribution < -0.4 is 5.73 Å². The number of anilines is 1. The number of aromatic nitrogens is 1. The topological polar surface area (TPSA) is 38.9 Å². The summed E-state index contributed by atoms with van der Waals surface area (Å²) in [5.41, 5.74) is 7.37. The Kier molecular flexibility index (Phi) is 2.33. The van der Waals surface area contributed by atoms with Gasteiger partial charge in [0.2, 0.25) is 0 Å². The van der Waals surface area contributed by atoms with Crippen LogP contribution in [-0.2, 0) is 0 Å². The third-order valence-corrected chi connectivity index (χ3v) is 3.52. The summed E-state index contributed by atoms with van der Waals surface area (Å²) < 4.78 is 1.04. The molecule has 0 aromatic carbocycles. The van der Waals surface area contributed by atoms with Crippen molar-refractivity contribution in [2.75, 3.05) is 5.73 Å². The minimum absolute atomic E-state index is 0.714. The van der Waals surface area contributed by atoms with Crippen LogP contribution in [0.2, 0.25) is 0 Å². The van der Waals surface area contributed by atoms with E-state index >= 15 is 0 Å². The van der Waals surface area contributed by atoms with Crippen molar-refractivity contribution in [3.63, 3.8) is 0 Å². The molecule has 0 saturated carbocycles. The van der Waals surface area contributed by atoms with E-state index in [1.807, 2.05) is 23.6 Å². The van der Waals surface area contributed by atoms with Crippen LogP contribution >= 0.6 is 27.3 Å². The maximum absolute atomic E-state index is 5.80. The fraction of sp³-hybridized carbons (Fsp3) is 0. The zero-order valence-electron chi connectivity index (χ0n) is 6.70. The molecular weight excluding hydrogens is 248 g/mol. The van der Waals surface area contributed by atoms with Crippen LogP contribution in [0.15, 0.2) is 34.2 Å². The molecule has 4 heteroatoms. The van der Waals surface area contributed by atoms with Crippen LogP contribution in [0.5, 0.6) is 0 Å². The average molecular weight is 255 g/mol. The molecule has 0 fully saturated rings. The second-order valence-corrected chi connectivity index (χ2v) is 4.31. The van der Waals surface area contributed by atoms with Gasteiger partial charge in [-0.1, -0.05) is 0 Å². The summed E-state index contributed by atoms with van der Waals surface area (Å²) in [5.74, 6) is 0. The third kappa shape index (κ3) is 1.59. The summed E-state index contributed by atoms with van der Waals surface area (Å²) in [7, 11) is 0.